The molecule has 1 unspecified atom stereocenters. The van der Waals surface area contributed by atoms with Crippen molar-refractivity contribution in [2.75, 3.05) is 10.6 Å². The lowest BCUT2D eigenvalue weighted by Crippen LogP contribution is -2.21. The summed E-state index contributed by atoms with van der Waals surface area (Å²) < 4.78 is 0. The second-order valence-electron chi connectivity index (χ2n) is 5.99. The first-order chi connectivity index (χ1) is 11.5. The van der Waals surface area contributed by atoms with E-state index in [1.807, 2.05) is 44.2 Å². The Bertz CT molecular complexity index is 699. The van der Waals surface area contributed by atoms with Gasteiger partial charge in [0.15, 0.2) is 0 Å². The Morgan fingerprint density at radius 1 is 0.958 bits per heavy atom. The molecule has 2 aromatic rings. The predicted molar refractivity (Wildman–Crippen MR) is 96.5 cm³/mol. The first kappa shape index (κ1) is 17.7. The van der Waals surface area contributed by atoms with Gasteiger partial charge in [-0.15, -0.1) is 0 Å². The quantitative estimate of drug-likeness (QED) is 0.762. The first-order valence-electron chi connectivity index (χ1n) is 7.97. The van der Waals surface area contributed by atoms with Crippen LogP contribution >= 0.6 is 0 Å². The lowest BCUT2D eigenvalue weighted by atomic mass is 10.0. The zero-order valence-electron chi connectivity index (χ0n) is 14.0. The molecule has 0 bridgehead atoms. The fraction of sp³-hybridized carbons (Fsp3) is 0.263. The van der Waals surface area contributed by atoms with Gasteiger partial charge in [0.25, 0.3) is 0 Å². The normalized spacial score (nSPS) is 11.8. The van der Waals surface area contributed by atoms with Crippen molar-refractivity contribution in [3.05, 3.63) is 60.2 Å². The number of carbonyl (C=O) groups excluding carboxylic acids is 2. The summed E-state index contributed by atoms with van der Waals surface area (Å²) in [7, 11) is 0. The van der Waals surface area contributed by atoms with Gasteiger partial charge in [0.1, 0.15) is 0 Å². The van der Waals surface area contributed by atoms with Gasteiger partial charge in [-0.3, -0.25) is 9.59 Å². The summed E-state index contributed by atoms with van der Waals surface area (Å²) in [5.74, 6) is -0.338. The molecule has 24 heavy (non-hydrogen) atoms. The summed E-state index contributed by atoms with van der Waals surface area (Å²) in [6.45, 7) is 3.65. The van der Waals surface area contributed by atoms with Crippen LogP contribution in [0, 0.1) is 5.92 Å². The highest BCUT2D eigenvalue weighted by Gasteiger charge is 2.12. The van der Waals surface area contributed by atoms with Crippen molar-refractivity contribution in [2.45, 2.75) is 26.3 Å². The van der Waals surface area contributed by atoms with Crippen molar-refractivity contribution in [1.82, 2.24) is 0 Å². The van der Waals surface area contributed by atoms with E-state index >= 15 is 0 Å². The van der Waals surface area contributed by atoms with Gasteiger partial charge in [0.2, 0.25) is 11.8 Å². The van der Waals surface area contributed by atoms with E-state index in [4.69, 9.17) is 5.73 Å². The minimum atomic E-state index is -0.352. The van der Waals surface area contributed by atoms with E-state index in [1.165, 1.54) is 0 Å². The zero-order chi connectivity index (χ0) is 17.5. The monoisotopic (exact) mass is 325 g/mol. The number of hydrogen-bond acceptors (Lipinski definition) is 3. The molecule has 0 spiro atoms. The van der Waals surface area contributed by atoms with Crippen molar-refractivity contribution in [2.24, 2.45) is 11.7 Å². The van der Waals surface area contributed by atoms with E-state index in [0.29, 0.717) is 11.4 Å². The van der Waals surface area contributed by atoms with Crippen LogP contribution < -0.4 is 16.4 Å². The Kier molecular flexibility index (Phi) is 6.09. The zero-order valence-corrected chi connectivity index (χ0v) is 14.0. The van der Waals surface area contributed by atoms with E-state index < -0.39 is 0 Å². The van der Waals surface area contributed by atoms with Crippen LogP contribution in [0.25, 0.3) is 0 Å². The van der Waals surface area contributed by atoms with Gasteiger partial charge < -0.3 is 16.4 Å². The van der Waals surface area contributed by atoms with Gasteiger partial charge in [-0.25, -0.2) is 0 Å². The van der Waals surface area contributed by atoms with Gasteiger partial charge in [0.05, 0.1) is 0 Å². The van der Waals surface area contributed by atoms with Crippen LogP contribution in [-0.2, 0) is 9.59 Å². The Labute approximate surface area is 142 Å². The first-order valence-corrected chi connectivity index (χ1v) is 7.97. The molecule has 5 nitrogen and oxygen atoms in total. The van der Waals surface area contributed by atoms with E-state index in [2.05, 4.69) is 10.6 Å². The minimum absolute atomic E-state index is 0.0652. The maximum absolute atomic E-state index is 12.2. The van der Waals surface area contributed by atoms with E-state index in [1.54, 1.807) is 24.3 Å². The van der Waals surface area contributed by atoms with Crippen LogP contribution in [-0.4, -0.2) is 11.8 Å². The summed E-state index contributed by atoms with van der Waals surface area (Å²) in [6.07, 6.45) is 0.187. The molecule has 0 aliphatic heterocycles. The Morgan fingerprint density at radius 2 is 1.58 bits per heavy atom. The number of carbonyl (C=O) groups is 2. The van der Waals surface area contributed by atoms with Crippen LogP contribution in [0.15, 0.2) is 54.6 Å². The maximum Gasteiger partial charge on any atom is 0.226 e. The van der Waals surface area contributed by atoms with E-state index in [0.717, 1.165) is 5.56 Å². The molecule has 126 valence electrons. The average molecular weight is 325 g/mol. The van der Waals surface area contributed by atoms with Crippen molar-refractivity contribution in [3.63, 3.8) is 0 Å². The maximum atomic E-state index is 12.2. The number of benzene rings is 2. The van der Waals surface area contributed by atoms with E-state index in [9.17, 15) is 9.59 Å². The number of amides is 2. The third-order valence-electron chi connectivity index (χ3n) is 3.57. The molecule has 2 aromatic carbocycles. The summed E-state index contributed by atoms with van der Waals surface area (Å²) in [5.41, 5.74) is 8.26. The highest BCUT2D eigenvalue weighted by Crippen LogP contribution is 2.18. The van der Waals surface area contributed by atoms with Gasteiger partial charge in [-0.2, -0.15) is 0 Å². The van der Waals surface area contributed by atoms with Gasteiger partial charge in [-0.05, 0) is 23.8 Å². The Hall–Kier alpha value is -2.66. The second kappa shape index (κ2) is 8.26. The molecule has 0 saturated heterocycles. The largest absolute Gasteiger partial charge is 0.326 e. The van der Waals surface area contributed by atoms with Crippen molar-refractivity contribution in [1.29, 1.82) is 0 Å². The molecule has 0 aromatic heterocycles. The summed E-state index contributed by atoms with van der Waals surface area (Å²) in [5, 5.41) is 5.62. The summed E-state index contributed by atoms with van der Waals surface area (Å²) in [6, 6.07) is 16.2. The molecule has 0 aliphatic rings. The number of anilines is 2. The second-order valence-corrected chi connectivity index (χ2v) is 5.99. The standard InChI is InChI=1S/C19H23N3O2/c1-13(2)19(24)22-16-10-6-9-15(11-16)21-18(23)12-17(20)14-7-4-3-5-8-14/h3-11,13,17H,12,20H2,1-2H3,(H,21,23)(H,22,24). The van der Waals surface area contributed by atoms with E-state index in [-0.39, 0.29) is 30.2 Å². The fourth-order valence-corrected chi connectivity index (χ4v) is 2.19. The van der Waals surface area contributed by atoms with Crippen LogP contribution in [0.3, 0.4) is 0 Å². The highest BCUT2D eigenvalue weighted by molar-refractivity contribution is 5.94. The molecular weight excluding hydrogens is 302 g/mol. The molecule has 0 saturated carbocycles. The molecule has 2 rings (SSSR count). The topological polar surface area (TPSA) is 84.2 Å². The van der Waals surface area contributed by atoms with Crippen LogP contribution in [0.5, 0.6) is 0 Å². The van der Waals surface area contributed by atoms with Crippen molar-refractivity contribution < 1.29 is 9.59 Å². The molecular formula is C19H23N3O2. The lowest BCUT2D eigenvalue weighted by molar-refractivity contribution is -0.119. The van der Waals surface area contributed by atoms with Gasteiger partial charge in [-0.1, -0.05) is 50.2 Å². The van der Waals surface area contributed by atoms with Crippen molar-refractivity contribution in [3.8, 4) is 0 Å². The Morgan fingerprint density at radius 3 is 2.21 bits per heavy atom. The molecule has 0 heterocycles. The number of rotatable bonds is 6. The van der Waals surface area contributed by atoms with Crippen LogP contribution in [0.2, 0.25) is 0 Å². The molecule has 0 fully saturated rings. The van der Waals surface area contributed by atoms with Crippen molar-refractivity contribution >= 4 is 23.2 Å². The third-order valence-corrected chi connectivity index (χ3v) is 3.57. The lowest BCUT2D eigenvalue weighted by Gasteiger charge is -2.13. The smallest absolute Gasteiger partial charge is 0.226 e. The highest BCUT2D eigenvalue weighted by atomic mass is 16.2. The van der Waals surface area contributed by atoms with Crippen LogP contribution in [0.1, 0.15) is 31.9 Å². The number of hydrogen-bond donors (Lipinski definition) is 3. The molecule has 0 radical (unpaired) electrons. The van der Waals surface area contributed by atoms with Gasteiger partial charge in [0, 0.05) is 29.8 Å². The number of nitrogens with one attached hydrogen (secondary N) is 2. The van der Waals surface area contributed by atoms with Crippen LogP contribution in [0.4, 0.5) is 11.4 Å². The summed E-state index contributed by atoms with van der Waals surface area (Å²) >= 11 is 0. The molecule has 0 aliphatic carbocycles. The van der Waals surface area contributed by atoms with Gasteiger partial charge >= 0.3 is 0 Å². The predicted octanol–water partition coefficient (Wildman–Crippen LogP) is 3.31. The molecule has 5 heteroatoms. The number of nitrogens with two attached hydrogens (primary N) is 1. The average Bonchev–Trinajstić information content (AvgIpc) is 2.55. The summed E-state index contributed by atoms with van der Waals surface area (Å²) in [4.78, 5) is 23.9. The molecule has 2 amide bonds. The SMILES string of the molecule is CC(C)C(=O)Nc1cccc(NC(=O)CC(N)c2ccccc2)c1. The fourth-order valence-electron chi connectivity index (χ4n) is 2.19. The molecule has 4 N–H and O–H groups in total. The Balaban J connectivity index is 1.95. The minimum Gasteiger partial charge on any atom is -0.326 e. The molecule has 1 atom stereocenters. The third kappa shape index (κ3) is 5.21.